The molecule has 2 rings (SSSR count). The third-order valence-electron chi connectivity index (χ3n) is 2.23. The molecule has 1 aliphatic rings. The van der Waals surface area contributed by atoms with Crippen molar-refractivity contribution in [3.63, 3.8) is 0 Å². The highest BCUT2D eigenvalue weighted by molar-refractivity contribution is 7.13. The van der Waals surface area contributed by atoms with E-state index in [-0.39, 0.29) is 6.10 Å². The number of rotatable bonds is 2. The van der Waals surface area contributed by atoms with Gasteiger partial charge < -0.3 is 15.4 Å². The van der Waals surface area contributed by atoms with Gasteiger partial charge in [-0.05, 0) is 0 Å². The van der Waals surface area contributed by atoms with Crippen LogP contribution in [0.15, 0.2) is 5.38 Å². The van der Waals surface area contributed by atoms with E-state index in [1.165, 1.54) is 0 Å². The predicted molar refractivity (Wildman–Crippen MR) is 57.6 cm³/mol. The van der Waals surface area contributed by atoms with Crippen LogP contribution >= 0.6 is 11.3 Å². The van der Waals surface area contributed by atoms with Gasteiger partial charge in [0, 0.05) is 18.5 Å². The molecule has 80 valence electrons. The first-order valence-electron chi connectivity index (χ1n) is 4.74. The largest absolute Gasteiger partial charge is 0.360 e. The van der Waals surface area contributed by atoms with E-state index in [9.17, 15) is 0 Å². The number of nitrogens with zero attached hydrogens (tertiary/aromatic N) is 3. The van der Waals surface area contributed by atoms with E-state index in [0.29, 0.717) is 19.7 Å². The van der Waals surface area contributed by atoms with Gasteiger partial charge in [-0.15, -0.1) is 11.3 Å². The summed E-state index contributed by atoms with van der Waals surface area (Å²) in [6, 6.07) is 2.11. The van der Waals surface area contributed by atoms with Crippen LogP contribution in [0.25, 0.3) is 0 Å². The molecule has 15 heavy (non-hydrogen) atoms. The Morgan fingerprint density at radius 2 is 2.67 bits per heavy atom. The molecule has 0 spiro atoms. The first-order chi connectivity index (χ1) is 7.33. The maximum Gasteiger partial charge on any atom is 0.185 e. The quantitative estimate of drug-likeness (QED) is 0.783. The van der Waals surface area contributed by atoms with Crippen molar-refractivity contribution in [1.29, 1.82) is 5.26 Å². The molecule has 1 saturated heterocycles. The Labute approximate surface area is 92.1 Å². The molecule has 6 heteroatoms. The van der Waals surface area contributed by atoms with E-state index in [1.807, 2.05) is 5.38 Å². The molecule has 2 N–H and O–H groups in total. The summed E-state index contributed by atoms with van der Waals surface area (Å²) < 4.78 is 5.26. The van der Waals surface area contributed by atoms with E-state index in [4.69, 9.17) is 15.7 Å². The van der Waals surface area contributed by atoms with Crippen molar-refractivity contribution in [2.24, 2.45) is 5.73 Å². The summed E-state index contributed by atoms with van der Waals surface area (Å²) >= 11 is 1.56. The number of nitriles is 1. The number of aromatic nitrogens is 1. The zero-order chi connectivity index (χ0) is 10.7. The van der Waals surface area contributed by atoms with Crippen molar-refractivity contribution < 1.29 is 4.74 Å². The number of nitrogens with two attached hydrogens (primary N) is 1. The first-order valence-corrected chi connectivity index (χ1v) is 5.62. The summed E-state index contributed by atoms with van der Waals surface area (Å²) in [5.74, 6) is 0. The molecule has 0 aromatic carbocycles. The molecule has 2 heterocycles. The van der Waals surface area contributed by atoms with Crippen molar-refractivity contribution >= 4 is 16.5 Å². The van der Waals surface area contributed by atoms with Crippen LogP contribution < -0.4 is 10.6 Å². The highest BCUT2D eigenvalue weighted by Gasteiger charge is 2.21. The summed E-state index contributed by atoms with van der Waals surface area (Å²) in [7, 11) is 0. The van der Waals surface area contributed by atoms with E-state index in [0.717, 1.165) is 17.4 Å². The number of hydrogen-bond donors (Lipinski definition) is 1. The maximum absolute atomic E-state index is 8.77. The van der Waals surface area contributed by atoms with Gasteiger partial charge in [-0.1, -0.05) is 0 Å². The van der Waals surface area contributed by atoms with Gasteiger partial charge in [0.2, 0.25) is 0 Å². The van der Waals surface area contributed by atoms with Gasteiger partial charge in [0.15, 0.2) is 11.2 Å². The summed E-state index contributed by atoms with van der Waals surface area (Å²) in [6.45, 7) is 2.42. The van der Waals surface area contributed by atoms with Crippen LogP contribution in [0, 0.1) is 11.3 Å². The van der Waals surface area contributed by atoms with Gasteiger partial charge >= 0.3 is 0 Å². The predicted octanol–water partition coefficient (Wildman–Crippen LogP) is 0.331. The number of hydrogen-bond acceptors (Lipinski definition) is 6. The van der Waals surface area contributed by atoms with Crippen LogP contribution in [-0.4, -0.2) is 30.8 Å². The Morgan fingerprint density at radius 1 is 1.80 bits per heavy atom. The van der Waals surface area contributed by atoms with E-state index < -0.39 is 0 Å². The highest BCUT2D eigenvalue weighted by Crippen LogP contribution is 2.22. The van der Waals surface area contributed by atoms with Gasteiger partial charge in [0.05, 0.1) is 24.9 Å². The molecule has 0 saturated carbocycles. The average molecular weight is 224 g/mol. The summed E-state index contributed by atoms with van der Waals surface area (Å²) in [6.07, 6.45) is -0.344. The van der Waals surface area contributed by atoms with Crippen LogP contribution in [0.3, 0.4) is 0 Å². The lowest BCUT2D eigenvalue weighted by Gasteiger charge is -2.29. The van der Waals surface area contributed by atoms with Crippen molar-refractivity contribution in [2.45, 2.75) is 12.6 Å². The minimum atomic E-state index is -0.344. The van der Waals surface area contributed by atoms with Crippen LogP contribution in [0.1, 0.15) is 5.69 Å². The van der Waals surface area contributed by atoms with E-state index in [1.54, 1.807) is 11.3 Å². The molecular weight excluding hydrogens is 212 g/mol. The summed E-state index contributed by atoms with van der Waals surface area (Å²) in [5, 5.41) is 11.6. The lowest BCUT2D eigenvalue weighted by atomic mass is 10.3. The minimum absolute atomic E-state index is 0.344. The number of morpholine rings is 1. The smallest absolute Gasteiger partial charge is 0.185 e. The van der Waals surface area contributed by atoms with E-state index >= 15 is 0 Å². The summed E-state index contributed by atoms with van der Waals surface area (Å²) in [4.78, 5) is 6.45. The Bertz CT molecular complexity index is 372. The fourth-order valence-corrected chi connectivity index (χ4v) is 2.31. The number of thiazole rings is 1. The second-order valence-electron chi connectivity index (χ2n) is 3.26. The molecule has 1 unspecified atom stereocenters. The SMILES string of the molecule is N#CC1CN(c2nc(CN)cs2)CCO1. The van der Waals surface area contributed by atoms with Gasteiger partial charge in [-0.25, -0.2) is 4.98 Å². The second kappa shape index (κ2) is 4.57. The molecule has 1 fully saturated rings. The zero-order valence-corrected chi connectivity index (χ0v) is 9.04. The molecule has 0 radical (unpaired) electrons. The normalized spacial score (nSPS) is 21.3. The molecule has 1 aromatic heterocycles. The Kier molecular flexibility index (Phi) is 3.16. The minimum Gasteiger partial charge on any atom is -0.360 e. The Morgan fingerprint density at radius 3 is 3.33 bits per heavy atom. The van der Waals surface area contributed by atoms with Crippen molar-refractivity contribution in [3.8, 4) is 6.07 Å². The highest BCUT2D eigenvalue weighted by atomic mass is 32.1. The van der Waals surface area contributed by atoms with Crippen LogP contribution in [0.5, 0.6) is 0 Å². The lowest BCUT2D eigenvalue weighted by Crippen LogP contribution is -2.41. The first kappa shape index (κ1) is 10.4. The van der Waals surface area contributed by atoms with Crippen LogP contribution in [-0.2, 0) is 11.3 Å². The molecule has 5 nitrogen and oxygen atoms in total. The number of anilines is 1. The molecular formula is C9H12N4OS. The third kappa shape index (κ3) is 2.26. The lowest BCUT2D eigenvalue weighted by molar-refractivity contribution is 0.0764. The second-order valence-corrected chi connectivity index (χ2v) is 4.10. The molecule has 0 aliphatic carbocycles. The monoisotopic (exact) mass is 224 g/mol. The number of ether oxygens (including phenoxy) is 1. The topological polar surface area (TPSA) is 75.2 Å². The molecule has 1 aliphatic heterocycles. The molecule has 1 atom stereocenters. The zero-order valence-electron chi connectivity index (χ0n) is 8.22. The van der Waals surface area contributed by atoms with Crippen molar-refractivity contribution in [1.82, 2.24) is 4.98 Å². The van der Waals surface area contributed by atoms with Crippen molar-refractivity contribution in [2.75, 3.05) is 24.6 Å². The van der Waals surface area contributed by atoms with Gasteiger partial charge in [-0.3, -0.25) is 0 Å². The van der Waals surface area contributed by atoms with Gasteiger partial charge in [-0.2, -0.15) is 5.26 Å². The molecule has 0 amide bonds. The van der Waals surface area contributed by atoms with Gasteiger partial charge in [0.25, 0.3) is 0 Å². The molecule has 1 aromatic rings. The maximum atomic E-state index is 8.77. The third-order valence-corrected chi connectivity index (χ3v) is 3.18. The average Bonchev–Trinajstić information content (AvgIpc) is 2.78. The Balaban J connectivity index is 2.07. The fourth-order valence-electron chi connectivity index (χ4n) is 1.44. The molecule has 0 bridgehead atoms. The van der Waals surface area contributed by atoms with Gasteiger partial charge in [0.1, 0.15) is 0 Å². The standard InChI is InChI=1S/C9H12N4OS/c10-3-7-6-15-9(12-7)13-1-2-14-8(4-11)5-13/h6,8H,1-3,5,10H2. The summed E-state index contributed by atoms with van der Waals surface area (Å²) in [5.41, 5.74) is 6.39. The van der Waals surface area contributed by atoms with Crippen LogP contribution in [0.4, 0.5) is 5.13 Å². The Hall–Kier alpha value is -1.16. The van der Waals surface area contributed by atoms with Crippen LogP contribution in [0.2, 0.25) is 0 Å². The van der Waals surface area contributed by atoms with Crippen molar-refractivity contribution in [3.05, 3.63) is 11.1 Å². The fraction of sp³-hybridized carbons (Fsp3) is 0.556. The van der Waals surface area contributed by atoms with E-state index in [2.05, 4.69) is 16.0 Å².